The van der Waals surface area contributed by atoms with E-state index in [2.05, 4.69) is 10.6 Å². The van der Waals surface area contributed by atoms with Gasteiger partial charge in [-0.1, -0.05) is 0 Å². The fraction of sp³-hybridized carbons (Fsp3) is 0.889. The van der Waals surface area contributed by atoms with Crippen LogP contribution in [-0.4, -0.2) is 42.9 Å². The van der Waals surface area contributed by atoms with Crippen molar-refractivity contribution in [3.8, 4) is 0 Å². The normalized spacial score (nSPS) is 19.3. The van der Waals surface area contributed by atoms with Crippen LogP contribution in [-0.2, 0) is 4.79 Å². The van der Waals surface area contributed by atoms with Crippen LogP contribution < -0.4 is 10.6 Å². The van der Waals surface area contributed by atoms with E-state index in [1.807, 2.05) is 0 Å². The number of hydrogen-bond donors (Lipinski definition) is 3. The fourth-order valence-corrected chi connectivity index (χ4v) is 1.54. The van der Waals surface area contributed by atoms with Crippen LogP contribution in [0.1, 0.15) is 12.8 Å². The minimum absolute atomic E-state index is 0. The first-order chi connectivity index (χ1) is 7.41. The third kappa shape index (κ3) is 5.56. The summed E-state index contributed by atoms with van der Waals surface area (Å²) in [5.74, 6) is -0.661. The molecule has 17 heavy (non-hydrogen) atoms. The molecule has 0 spiro atoms. The van der Waals surface area contributed by atoms with Gasteiger partial charge in [0.15, 0.2) is 6.10 Å². The third-order valence-corrected chi connectivity index (χ3v) is 2.56. The van der Waals surface area contributed by atoms with Gasteiger partial charge in [-0.3, -0.25) is 4.79 Å². The number of hydrogen-bond acceptors (Lipinski definition) is 3. The predicted octanol–water partition coefficient (Wildman–Crippen LogP) is 0.447. The zero-order valence-corrected chi connectivity index (χ0v) is 9.90. The predicted molar refractivity (Wildman–Crippen MR) is 57.9 cm³/mol. The van der Waals surface area contributed by atoms with Gasteiger partial charge in [0, 0.05) is 5.92 Å². The Morgan fingerprint density at radius 2 is 1.94 bits per heavy atom. The van der Waals surface area contributed by atoms with Crippen molar-refractivity contribution < 1.29 is 23.1 Å². The Balaban J connectivity index is 0.00000256. The average molecular weight is 277 g/mol. The van der Waals surface area contributed by atoms with Gasteiger partial charge in [-0.2, -0.15) is 13.2 Å². The minimum Gasteiger partial charge on any atom is -0.382 e. The van der Waals surface area contributed by atoms with E-state index < -0.39 is 24.7 Å². The molecule has 0 saturated carbocycles. The number of carbonyl (C=O) groups is 1. The lowest BCUT2D eigenvalue weighted by atomic mass is 9.97. The van der Waals surface area contributed by atoms with Crippen LogP contribution in [0.2, 0.25) is 0 Å². The Labute approximate surface area is 103 Å². The number of piperidine rings is 1. The molecule has 1 amide bonds. The summed E-state index contributed by atoms with van der Waals surface area (Å²) in [5, 5.41) is 13.9. The summed E-state index contributed by atoms with van der Waals surface area (Å²) in [6.07, 6.45) is -5.93. The lowest BCUT2D eigenvalue weighted by Crippen LogP contribution is -2.44. The van der Waals surface area contributed by atoms with Gasteiger partial charge in [0.25, 0.3) is 0 Å². The number of nitrogens with one attached hydrogen (secondary N) is 2. The second-order valence-electron chi connectivity index (χ2n) is 3.83. The van der Waals surface area contributed by atoms with E-state index in [0.29, 0.717) is 25.9 Å². The van der Waals surface area contributed by atoms with Gasteiger partial charge in [0.1, 0.15) is 0 Å². The zero-order chi connectivity index (χ0) is 12.2. The fourth-order valence-electron chi connectivity index (χ4n) is 1.54. The molecule has 0 aromatic carbocycles. The molecule has 0 bridgehead atoms. The van der Waals surface area contributed by atoms with Crippen molar-refractivity contribution in [3.63, 3.8) is 0 Å². The van der Waals surface area contributed by atoms with Crippen molar-refractivity contribution in [2.45, 2.75) is 25.1 Å². The van der Waals surface area contributed by atoms with Crippen molar-refractivity contribution in [3.05, 3.63) is 0 Å². The minimum atomic E-state index is -4.68. The van der Waals surface area contributed by atoms with Crippen molar-refractivity contribution in [2.24, 2.45) is 5.92 Å². The van der Waals surface area contributed by atoms with Gasteiger partial charge in [-0.15, -0.1) is 12.4 Å². The monoisotopic (exact) mass is 276 g/mol. The standard InChI is InChI=1S/C9H15F3N2O2.ClH/c10-9(11,12)7(15)5-14-8(16)6-1-3-13-4-2-6;/h6-7,13,15H,1-5H2,(H,14,16);1H. The molecule has 0 aromatic heterocycles. The van der Waals surface area contributed by atoms with E-state index in [4.69, 9.17) is 5.11 Å². The second-order valence-corrected chi connectivity index (χ2v) is 3.83. The van der Waals surface area contributed by atoms with E-state index >= 15 is 0 Å². The van der Waals surface area contributed by atoms with Crippen molar-refractivity contribution >= 4 is 18.3 Å². The maximum absolute atomic E-state index is 11.9. The molecule has 0 aliphatic carbocycles. The van der Waals surface area contributed by atoms with Crippen LogP contribution in [0.25, 0.3) is 0 Å². The molecule has 1 aliphatic rings. The van der Waals surface area contributed by atoms with Gasteiger partial charge in [-0.05, 0) is 25.9 Å². The molecule has 1 rings (SSSR count). The SMILES string of the molecule is Cl.O=C(NCC(O)C(F)(F)F)C1CCNCC1. The first-order valence-electron chi connectivity index (χ1n) is 5.14. The van der Waals surface area contributed by atoms with Crippen molar-refractivity contribution in [1.29, 1.82) is 0 Å². The molecule has 1 saturated heterocycles. The van der Waals surface area contributed by atoms with Gasteiger partial charge in [0.05, 0.1) is 6.54 Å². The Morgan fingerprint density at radius 3 is 2.41 bits per heavy atom. The molecule has 1 aliphatic heterocycles. The highest BCUT2D eigenvalue weighted by Gasteiger charge is 2.38. The van der Waals surface area contributed by atoms with Gasteiger partial charge < -0.3 is 15.7 Å². The molecular formula is C9H16ClF3N2O2. The summed E-state index contributed by atoms with van der Waals surface area (Å²) in [7, 11) is 0. The number of halogens is 4. The molecule has 4 nitrogen and oxygen atoms in total. The second kappa shape index (κ2) is 7.03. The Bertz CT molecular complexity index is 245. The number of aliphatic hydroxyl groups is 1. The maximum Gasteiger partial charge on any atom is 0.416 e. The van der Waals surface area contributed by atoms with Gasteiger partial charge in [0.2, 0.25) is 5.91 Å². The topological polar surface area (TPSA) is 61.4 Å². The molecule has 1 unspecified atom stereocenters. The molecule has 3 N–H and O–H groups in total. The summed E-state index contributed by atoms with van der Waals surface area (Å²) in [6.45, 7) is 0.617. The van der Waals surface area contributed by atoms with E-state index in [9.17, 15) is 18.0 Å². The number of carbonyl (C=O) groups excluding carboxylic acids is 1. The summed E-state index contributed by atoms with van der Waals surface area (Å²) in [5.41, 5.74) is 0. The molecule has 8 heteroatoms. The highest BCUT2D eigenvalue weighted by atomic mass is 35.5. The quantitative estimate of drug-likeness (QED) is 0.701. The average Bonchev–Trinajstić information content (AvgIpc) is 2.25. The highest BCUT2D eigenvalue weighted by Crippen LogP contribution is 2.19. The summed E-state index contributed by atoms with van der Waals surface area (Å²) < 4.78 is 35.8. The molecule has 1 fully saturated rings. The first-order valence-corrected chi connectivity index (χ1v) is 5.14. The van der Waals surface area contributed by atoms with Gasteiger partial charge >= 0.3 is 6.18 Å². The van der Waals surface area contributed by atoms with Crippen molar-refractivity contribution in [1.82, 2.24) is 10.6 Å². The summed E-state index contributed by atoms with van der Waals surface area (Å²) >= 11 is 0. The van der Waals surface area contributed by atoms with Crippen LogP contribution in [0.15, 0.2) is 0 Å². The van der Waals surface area contributed by atoms with E-state index in [1.54, 1.807) is 0 Å². The molecule has 1 atom stereocenters. The van der Waals surface area contributed by atoms with Crippen molar-refractivity contribution in [2.75, 3.05) is 19.6 Å². The van der Waals surface area contributed by atoms with Crippen LogP contribution in [0.4, 0.5) is 13.2 Å². The molecule has 102 valence electrons. The summed E-state index contributed by atoms with van der Waals surface area (Å²) in [4.78, 5) is 11.4. The number of amides is 1. The Morgan fingerprint density at radius 1 is 1.41 bits per heavy atom. The lowest BCUT2D eigenvalue weighted by molar-refractivity contribution is -0.202. The number of alkyl halides is 3. The largest absolute Gasteiger partial charge is 0.416 e. The number of rotatable bonds is 3. The van der Waals surface area contributed by atoms with Crippen LogP contribution in [0, 0.1) is 5.92 Å². The molecular weight excluding hydrogens is 261 g/mol. The van der Waals surface area contributed by atoms with E-state index in [-0.39, 0.29) is 18.3 Å². The summed E-state index contributed by atoms with van der Waals surface area (Å²) in [6, 6.07) is 0. The highest BCUT2D eigenvalue weighted by molar-refractivity contribution is 5.85. The zero-order valence-electron chi connectivity index (χ0n) is 9.09. The van der Waals surface area contributed by atoms with Crippen LogP contribution >= 0.6 is 12.4 Å². The van der Waals surface area contributed by atoms with E-state index in [1.165, 1.54) is 0 Å². The maximum atomic E-state index is 11.9. The third-order valence-electron chi connectivity index (χ3n) is 2.56. The molecule has 0 radical (unpaired) electrons. The number of aliphatic hydroxyl groups excluding tert-OH is 1. The van der Waals surface area contributed by atoms with Gasteiger partial charge in [-0.25, -0.2) is 0 Å². The molecule has 1 heterocycles. The Hall–Kier alpha value is -0.530. The lowest BCUT2D eigenvalue weighted by Gasteiger charge is -2.23. The van der Waals surface area contributed by atoms with E-state index in [0.717, 1.165) is 0 Å². The van der Waals surface area contributed by atoms with Crippen LogP contribution in [0.5, 0.6) is 0 Å². The van der Waals surface area contributed by atoms with Crippen LogP contribution in [0.3, 0.4) is 0 Å². The molecule has 0 aromatic rings. The first kappa shape index (κ1) is 16.5. The smallest absolute Gasteiger partial charge is 0.382 e. The Kier molecular flexibility index (Phi) is 6.81.